The first-order valence-corrected chi connectivity index (χ1v) is 8.34. The van der Waals surface area contributed by atoms with Crippen LogP contribution in [0.25, 0.3) is 5.69 Å². The molecule has 28 heavy (non-hydrogen) atoms. The number of nitrogens with zero attached hydrogens (tertiary/aromatic N) is 2. The Morgan fingerprint density at radius 2 is 1.86 bits per heavy atom. The molecule has 11 heteroatoms. The van der Waals surface area contributed by atoms with Crippen LogP contribution in [-0.4, -0.2) is 15.5 Å². The molecule has 0 bridgehead atoms. The Hall–Kier alpha value is -2.78. The largest absolute Gasteiger partial charge is 0.417 e. The SMILES string of the molecule is O=C(NNc1ncc(C(F)(F)F)cc1Cl)c1cccn1-c1ccc(F)cc1Cl. The Kier molecular flexibility index (Phi) is 5.48. The average molecular weight is 433 g/mol. The lowest BCUT2D eigenvalue weighted by molar-refractivity contribution is -0.137. The van der Waals surface area contributed by atoms with Crippen molar-refractivity contribution in [2.24, 2.45) is 0 Å². The lowest BCUT2D eigenvalue weighted by Gasteiger charge is -2.13. The van der Waals surface area contributed by atoms with E-state index in [2.05, 4.69) is 15.8 Å². The van der Waals surface area contributed by atoms with Gasteiger partial charge in [0.15, 0.2) is 5.82 Å². The van der Waals surface area contributed by atoms with E-state index in [0.717, 1.165) is 6.07 Å². The van der Waals surface area contributed by atoms with E-state index in [4.69, 9.17) is 23.2 Å². The van der Waals surface area contributed by atoms with Crippen LogP contribution in [0.2, 0.25) is 10.0 Å². The topological polar surface area (TPSA) is 59.0 Å². The second-order valence-corrected chi connectivity index (χ2v) is 6.30. The minimum Gasteiger partial charge on any atom is -0.311 e. The number of carbonyl (C=O) groups excluding carboxylic acids is 1. The van der Waals surface area contributed by atoms with E-state index in [1.54, 1.807) is 6.07 Å². The molecule has 0 saturated heterocycles. The maximum Gasteiger partial charge on any atom is 0.417 e. The molecule has 0 radical (unpaired) electrons. The molecule has 5 nitrogen and oxygen atoms in total. The number of aromatic nitrogens is 2. The van der Waals surface area contributed by atoms with Crippen molar-refractivity contribution in [3.05, 3.63) is 75.9 Å². The molecule has 1 aromatic carbocycles. The Balaban J connectivity index is 1.78. The first-order valence-electron chi connectivity index (χ1n) is 7.58. The van der Waals surface area contributed by atoms with Gasteiger partial charge in [0.25, 0.3) is 5.91 Å². The van der Waals surface area contributed by atoms with E-state index in [1.165, 1.54) is 29.0 Å². The van der Waals surface area contributed by atoms with Crippen LogP contribution in [-0.2, 0) is 6.18 Å². The second kappa shape index (κ2) is 7.69. The predicted octanol–water partition coefficient (Wildman–Crippen LogP) is 5.09. The summed E-state index contributed by atoms with van der Waals surface area (Å²) in [4.78, 5) is 16.0. The summed E-state index contributed by atoms with van der Waals surface area (Å²) in [6, 6.07) is 7.41. The summed E-state index contributed by atoms with van der Waals surface area (Å²) in [5, 5.41) is -0.238. The Bertz CT molecular complexity index is 1040. The summed E-state index contributed by atoms with van der Waals surface area (Å²) in [6.45, 7) is 0. The molecule has 2 heterocycles. The molecule has 2 N–H and O–H groups in total. The molecule has 3 rings (SSSR count). The predicted molar refractivity (Wildman–Crippen MR) is 96.1 cm³/mol. The number of alkyl halides is 3. The van der Waals surface area contributed by atoms with E-state index in [1.807, 2.05) is 0 Å². The number of pyridine rings is 1. The number of nitrogens with one attached hydrogen (secondary N) is 2. The molecule has 0 spiro atoms. The van der Waals surface area contributed by atoms with Crippen molar-refractivity contribution in [1.29, 1.82) is 0 Å². The molecular weight excluding hydrogens is 423 g/mol. The number of hydrogen-bond donors (Lipinski definition) is 2. The fourth-order valence-corrected chi connectivity index (χ4v) is 2.79. The van der Waals surface area contributed by atoms with E-state index >= 15 is 0 Å². The molecule has 0 aliphatic rings. The Morgan fingerprint density at radius 1 is 1.11 bits per heavy atom. The fourth-order valence-electron chi connectivity index (χ4n) is 2.32. The summed E-state index contributed by atoms with van der Waals surface area (Å²) < 4.78 is 52.6. The van der Waals surface area contributed by atoms with Crippen molar-refractivity contribution in [2.75, 3.05) is 5.43 Å². The van der Waals surface area contributed by atoms with Crippen LogP contribution in [0.3, 0.4) is 0 Å². The summed E-state index contributed by atoms with van der Waals surface area (Å²) in [7, 11) is 0. The minimum atomic E-state index is -4.59. The number of carbonyl (C=O) groups is 1. The van der Waals surface area contributed by atoms with Gasteiger partial charge in [-0.1, -0.05) is 23.2 Å². The molecule has 0 aliphatic carbocycles. The summed E-state index contributed by atoms with van der Waals surface area (Å²) >= 11 is 11.8. The van der Waals surface area contributed by atoms with Crippen molar-refractivity contribution in [3.8, 4) is 5.69 Å². The van der Waals surface area contributed by atoms with Crippen molar-refractivity contribution in [3.63, 3.8) is 0 Å². The van der Waals surface area contributed by atoms with E-state index in [0.29, 0.717) is 18.0 Å². The van der Waals surface area contributed by atoms with E-state index in [9.17, 15) is 22.4 Å². The van der Waals surface area contributed by atoms with Crippen LogP contribution >= 0.6 is 23.2 Å². The van der Waals surface area contributed by atoms with Gasteiger partial charge in [-0.05, 0) is 36.4 Å². The average Bonchev–Trinajstić information content (AvgIpc) is 3.09. The maximum absolute atomic E-state index is 13.2. The maximum atomic E-state index is 13.2. The molecule has 3 aromatic rings. The summed E-state index contributed by atoms with van der Waals surface area (Å²) in [6.07, 6.45) is -2.47. The first kappa shape index (κ1) is 20.0. The van der Waals surface area contributed by atoms with Gasteiger partial charge < -0.3 is 4.57 Å². The highest BCUT2D eigenvalue weighted by Crippen LogP contribution is 2.32. The van der Waals surface area contributed by atoms with Crippen LogP contribution in [0.4, 0.5) is 23.4 Å². The number of amides is 1. The zero-order chi connectivity index (χ0) is 20.5. The molecule has 1 amide bonds. The Labute approximate surface area is 165 Å². The van der Waals surface area contributed by atoms with Crippen LogP contribution in [0.15, 0.2) is 48.8 Å². The molecule has 0 fully saturated rings. The zero-order valence-corrected chi connectivity index (χ0v) is 15.2. The highest BCUT2D eigenvalue weighted by Gasteiger charge is 2.31. The monoisotopic (exact) mass is 432 g/mol. The zero-order valence-electron chi connectivity index (χ0n) is 13.7. The van der Waals surface area contributed by atoms with Gasteiger partial charge in [0.05, 0.1) is 21.3 Å². The normalized spacial score (nSPS) is 11.4. The number of halogens is 6. The van der Waals surface area contributed by atoms with Crippen molar-refractivity contribution in [2.45, 2.75) is 6.18 Å². The quantitative estimate of drug-likeness (QED) is 0.445. The van der Waals surface area contributed by atoms with Crippen molar-refractivity contribution >= 4 is 34.9 Å². The fraction of sp³-hybridized carbons (Fsp3) is 0.0588. The minimum absolute atomic E-state index is 0.0886. The van der Waals surface area contributed by atoms with Crippen LogP contribution in [0.5, 0.6) is 0 Å². The number of hydrazine groups is 1. The van der Waals surface area contributed by atoms with E-state index in [-0.39, 0.29) is 21.6 Å². The lowest BCUT2D eigenvalue weighted by Crippen LogP contribution is -2.31. The highest BCUT2D eigenvalue weighted by molar-refractivity contribution is 6.33. The Morgan fingerprint density at radius 3 is 2.50 bits per heavy atom. The third-order valence-electron chi connectivity index (χ3n) is 3.61. The number of hydrogen-bond acceptors (Lipinski definition) is 3. The van der Waals surface area contributed by atoms with Gasteiger partial charge in [-0.3, -0.25) is 15.6 Å². The number of anilines is 1. The van der Waals surface area contributed by atoms with Gasteiger partial charge in [-0.25, -0.2) is 9.37 Å². The summed E-state index contributed by atoms with van der Waals surface area (Å²) in [5.74, 6) is -1.35. The van der Waals surface area contributed by atoms with Crippen molar-refractivity contribution < 1.29 is 22.4 Å². The number of rotatable bonds is 4. The lowest BCUT2D eigenvalue weighted by atomic mass is 10.3. The van der Waals surface area contributed by atoms with Crippen LogP contribution in [0.1, 0.15) is 16.1 Å². The van der Waals surface area contributed by atoms with Crippen molar-refractivity contribution in [1.82, 2.24) is 15.0 Å². The first-order chi connectivity index (χ1) is 13.2. The smallest absolute Gasteiger partial charge is 0.311 e. The molecule has 0 unspecified atom stereocenters. The molecule has 146 valence electrons. The molecule has 0 atom stereocenters. The molecular formula is C17H10Cl2F4N4O. The van der Waals surface area contributed by atoms with Crippen LogP contribution < -0.4 is 10.9 Å². The van der Waals surface area contributed by atoms with Gasteiger partial charge in [0, 0.05) is 12.4 Å². The van der Waals surface area contributed by atoms with Crippen LogP contribution in [0, 0.1) is 5.82 Å². The van der Waals surface area contributed by atoms with Gasteiger partial charge in [0.1, 0.15) is 11.5 Å². The second-order valence-electron chi connectivity index (χ2n) is 5.49. The highest BCUT2D eigenvalue weighted by atomic mass is 35.5. The number of benzene rings is 1. The summed E-state index contributed by atoms with van der Waals surface area (Å²) in [5.41, 5.74) is 4.13. The van der Waals surface area contributed by atoms with E-state index < -0.39 is 23.5 Å². The molecule has 0 saturated carbocycles. The standard InChI is InChI=1S/C17H10Cl2F4N4O/c18-11-7-10(20)3-4-13(11)27-5-1-2-14(27)16(28)26-25-15-12(19)6-9(8-24-15)17(21,22)23/h1-8H,(H,24,25)(H,26,28). The molecule has 0 aliphatic heterocycles. The molecule has 2 aromatic heterocycles. The van der Waals surface area contributed by atoms with Gasteiger partial charge in [-0.15, -0.1) is 0 Å². The van der Waals surface area contributed by atoms with Gasteiger partial charge >= 0.3 is 6.18 Å². The van der Waals surface area contributed by atoms with Gasteiger partial charge in [-0.2, -0.15) is 13.2 Å². The van der Waals surface area contributed by atoms with Gasteiger partial charge in [0.2, 0.25) is 0 Å². The third kappa shape index (κ3) is 4.20. The third-order valence-corrected chi connectivity index (χ3v) is 4.20.